The molecule has 8 heteroatoms. The van der Waals surface area contributed by atoms with E-state index in [0.29, 0.717) is 11.0 Å². The van der Waals surface area contributed by atoms with Gasteiger partial charge in [0.05, 0.1) is 16.6 Å². The molecule has 6 nitrogen and oxygen atoms in total. The number of aromatic nitrogens is 4. The van der Waals surface area contributed by atoms with Crippen LogP contribution in [0.25, 0.3) is 17.1 Å². The Morgan fingerprint density at radius 3 is 2.48 bits per heavy atom. The van der Waals surface area contributed by atoms with E-state index in [1.807, 2.05) is 54.1 Å². The van der Waals surface area contributed by atoms with Gasteiger partial charge in [-0.05, 0) is 74.6 Å². The maximum atomic E-state index is 13.0. The van der Waals surface area contributed by atoms with Gasteiger partial charge in [-0.25, -0.2) is 0 Å². The van der Waals surface area contributed by atoms with Crippen LogP contribution in [-0.4, -0.2) is 37.2 Å². The van der Waals surface area contributed by atoms with Crippen molar-refractivity contribution in [3.63, 3.8) is 0 Å². The highest BCUT2D eigenvalue weighted by Crippen LogP contribution is 2.32. The number of thioether (sulfide) groups is 2. The molecule has 4 rings (SSSR count). The molecule has 33 heavy (non-hydrogen) atoms. The van der Waals surface area contributed by atoms with Crippen LogP contribution in [0.5, 0.6) is 0 Å². The van der Waals surface area contributed by atoms with Crippen molar-refractivity contribution in [3.8, 4) is 17.1 Å². The zero-order valence-electron chi connectivity index (χ0n) is 18.9. The Bertz CT molecular complexity index is 1270. The Kier molecular flexibility index (Phi) is 7.15. The molecule has 0 aliphatic heterocycles. The van der Waals surface area contributed by atoms with Crippen LogP contribution >= 0.6 is 23.5 Å². The number of hydrogen-bond donors (Lipinski definition) is 1. The summed E-state index contributed by atoms with van der Waals surface area (Å²) in [6.45, 7) is 6.05. The molecule has 1 unspecified atom stereocenters. The molecule has 0 saturated heterocycles. The highest BCUT2D eigenvalue weighted by Gasteiger charge is 2.22. The lowest BCUT2D eigenvalue weighted by Crippen LogP contribution is -2.23. The number of nitrogens with zero attached hydrogens (tertiary/aromatic N) is 4. The van der Waals surface area contributed by atoms with Crippen molar-refractivity contribution in [1.29, 1.82) is 0 Å². The van der Waals surface area contributed by atoms with Gasteiger partial charge in [0, 0.05) is 22.9 Å². The largest absolute Gasteiger partial charge is 0.324 e. The van der Waals surface area contributed by atoms with Gasteiger partial charge in [0.25, 0.3) is 0 Å². The fourth-order valence-electron chi connectivity index (χ4n) is 3.33. The van der Waals surface area contributed by atoms with Crippen molar-refractivity contribution < 1.29 is 4.79 Å². The number of carbonyl (C=O) groups excluding carboxylic acids is 1. The second-order valence-electron chi connectivity index (χ2n) is 7.60. The summed E-state index contributed by atoms with van der Waals surface area (Å²) in [4.78, 5) is 18.1. The standard InChI is InChI=1S/C25H25N5OS2/c1-16-9-10-20(15-17(16)2)30-23(19-11-13-26-14-12-19)28-29-25(30)33-18(3)24(31)27-21-7-5-6-8-22(21)32-4/h5-15,18H,1-4H3,(H,27,31). The highest BCUT2D eigenvalue weighted by atomic mass is 32.2. The van der Waals surface area contributed by atoms with E-state index >= 15 is 0 Å². The predicted octanol–water partition coefficient (Wildman–Crippen LogP) is 5.79. The van der Waals surface area contributed by atoms with Crippen molar-refractivity contribution in [2.24, 2.45) is 0 Å². The van der Waals surface area contributed by atoms with Gasteiger partial charge < -0.3 is 5.32 Å². The second kappa shape index (κ2) is 10.2. The smallest absolute Gasteiger partial charge is 0.237 e. The lowest BCUT2D eigenvalue weighted by molar-refractivity contribution is -0.115. The number of nitrogens with one attached hydrogen (secondary N) is 1. The van der Waals surface area contributed by atoms with Crippen LogP contribution in [0.3, 0.4) is 0 Å². The van der Waals surface area contributed by atoms with Crippen LogP contribution in [0.15, 0.2) is 77.0 Å². The quantitative estimate of drug-likeness (QED) is 0.341. The minimum Gasteiger partial charge on any atom is -0.324 e. The van der Waals surface area contributed by atoms with E-state index in [-0.39, 0.29) is 11.2 Å². The average Bonchev–Trinajstić information content (AvgIpc) is 3.25. The third-order valence-electron chi connectivity index (χ3n) is 5.34. The zero-order chi connectivity index (χ0) is 23.4. The monoisotopic (exact) mass is 475 g/mol. The van der Waals surface area contributed by atoms with E-state index in [1.165, 1.54) is 22.9 Å². The Labute approximate surface area is 202 Å². The molecule has 0 radical (unpaired) electrons. The van der Waals surface area contributed by atoms with E-state index in [0.717, 1.165) is 21.8 Å². The van der Waals surface area contributed by atoms with Gasteiger partial charge in [0.1, 0.15) is 0 Å². The fraction of sp³-hybridized carbons (Fsp3) is 0.200. The van der Waals surface area contributed by atoms with E-state index in [1.54, 1.807) is 24.2 Å². The number of amides is 1. The van der Waals surface area contributed by atoms with E-state index in [2.05, 4.69) is 52.5 Å². The van der Waals surface area contributed by atoms with Gasteiger partial charge in [-0.15, -0.1) is 22.0 Å². The molecule has 1 N–H and O–H groups in total. The number of aryl methyl sites for hydroxylation is 2. The zero-order valence-corrected chi connectivity index (χ0v) is 20.6. The van der Waals surface area contributed by atoms with Gasteiger partial charge in [-0.1, -0.05) is 30.0 Å². The molecule has 0 aliphatic carbocycles. The van der Waals surface area contributed by atoms with Crippen LogP contribution in [0.1, 0.15) is 18.1 Å². The van der Waals surface area contributed by atoms with Crippen molar-refractivity contribution in [2.75, 3.05) is 11.6 Å². The highest BCUT2D eigenvalue weighted by molar-refractivity contribution is 8.00. The summed E-state index contributed by atoms with van der Waals surface area (Å²) in [7, 11) is 0. The Hall–Kier alpha value is -3.10. The molecule has 2 heterocycles. The second-order valence-corrected chi connectivity index (χ2v) is 9.75. The Morgan fingerprint density at radius 1 is 1.00 bits per heavy atom. The van der Waals surface area contributed by atoms with Gasteiger partial charge in [-0.2, -0.15) is 0 Å². The lowest BCUT2D eigenvalue weighted by atomic mass is 10.1. The maximum absolute atomic E-state index is 13.0. The molecule has 4 aromatic rings. The molecule has 2 aromatic carbocycles. The minimum atomic E-state index is -0.375. The fourth-order valence-corrected chi connectivity index (χ4v) is 4.75. The third-order valence-corrected chi connectivity index (χ3v) is 7.18. The average molecular weight is 476 g/mol. The lowest BCUT2D eigenvalue weighted by Gasteiger charge is -2.15. The first kappa shape index (κ1) is 23.1. The first-order valence-electron chi connectivity index (χ1n) is 10.5. The van der Waals surface area contributed by atoms with Crippen LogP contribution < -0.4 is 5.32 Å². The summed E-state index contributed by atoms with van der Waals surface area (Å²) in [5.74, 6) is 0.630. The molecule has 0 aliphatic rings. The number of para-hydroxylation sites is 1. The van der Waals surface area contributed by atoms with Gasteiger partial charge in [0.15, 0.2) is 11.0 Å². The number of carbonyl (C=O) groups is 1. The van der Waals surface area contributed by atoms with E-state index in [9.17, 15) is 4.79 Å². The summed E-state index contributed by atoms with van der Waals surface area (Å²) in [6.07, 6.45) is 5.47. The molecule has 168 valence electrons. The molecule has 0 spiro atoms. The normalized spacial score (nSPS) is 11.9. The van der Waals surface area contributed by atoms with Gasteiger partial charge in [-0.3, -0.25) is 14.3 Å². The van der Waals surface area contributed by atoms with Gasteiger partial charge in [0.2, 0.25) is 5.91 Å². The minimum absolute atomic E-state index is 0.0819. The number of anilines is 1. The summed E-state index contributed by atoms with van der Waals surface area (Å²) < 4.78 is 2.01. The Balaban J connectivity index is 1.66. The maximum Gasteiger partial charge on any atom is 0.237 e. The summed E-state index contributed by atoms with van der Waals surface area (Å²) in [6, 6.07) is 17.9. The summed E-state index contributed by atoms with van der Waals surface area (Å²) >= 11 is 2.99. The number of benzene rings is 2. The first-order chi connectivity index (χ1) is 16.0. The summed E-state index contributed by atoms with van der Waals surface area (Å²) in [5.41, 5.74) is 5.07. The van der Waals surface area contributed by atoms with Crippen LogP contribution in [-0.2, 0) is 4.79 Å². The number of hydrogen-bond acceptors (Lipinski definition) is 6. The van der Waals surface area contributed by atoms with Crippen LogP contribution in [0.4, 0.5) is 5.69 Å². The molecular formula is C25H25N5OS2. The summed E-state index contributed by atoms with van der Waals surface area (Å²) in [5, 5.41) is 12.3. The number of pyridine rings is 1. The molecule has 0 bridgehead atoms. The van der Waals surface area contributed by atoms with Crippen molar-refractivity contribution >= 4 is 35.1 Å². The molecule has 0 fully saturated rings. The topological polar surface area (TPSA) is 72.7 Å². The number of rotatable bonds is 7. The van der Waals surface area contributed by atoms with Crippen molar-refractivity contribution in [3.05, 3.63) is 78.1 Å². The van der Waals surface area contributed by atoms with Crippen molar-refractivity contribution in [2.45, 2.75) is 36.1 Å². The molecule has 2 aromatic heterocycles. The van der Waals surface area contributed by atoms with Crippen molar-refractivity contribution in [1.82, 2.24) is 19.7 Å². The van der Waals surface area contributed by atoms with E-state index < -0.39 is 0 Å². The molecule has 1 atom stereocenters. The van der Waals surface area contributed by atoms with Crippen LogP contribution in [0.2, 0.25) is 0 Å². The Morgan fingerprint density at radius 2 is 1.76 bits per heavy atom. The first-order valence-corrected chi connectivity index (χ1v) is 12.6. The third kappa shape index (κ3) is 5.12. The van der Waals surface area contributed by atoms with Crippen LogP contribution in [0, 0.1) is 13.8 Å². The van der Waals surface area contributed by atoms with Gasteiger partial charge >= 0.3 is 0 Å². The molecular weight excluding hydrogens is 450 g/mol. The predicted molar refractivity (Wildman–Crippen MR) is 136 cm³/mol. The van der Waals surface area contributed by atoms with E-state index in [4.69, 9.17) is 0 Å². The molecule has 1 amide bonds. The molecule has 0 saturated carbocycles. The SMILES string of the molecule is CSc1ccccc1NC(=O)C(C)Sc1nnc(-c2ccncc2)n1-c1ccc(C)c(C)c1.